The molecule has 0 spiro atoms. The predicted molar refractivity (Wildman–Crippen MR) is 129 cm³/mol. The second-order valence-corrected chi connectivity index (χ2v) is 7.40. The van der Waals surface area contributed by atoms with E-state index in [4.69, 9.17) is 17.3 Å². The third kappa shape index (κ3) is 4.98. The summed E-state index contributed by atoms with van der Waals surface area (Å²) in [6, 6.07) is 8.96. The fourth-order valence-electron chi connectivity index (χ4n) is 3.22. The molecule has 7 nitrogen and oxygen atoms in total. The van der Waals surface area contributed by atoms with Crippen LogP contribution in [0.1, 0.15) is 41.0 Å². The lowest BCUT2D eigenvalue weighted by atomic mass is 10.0. The molecule has 0 atom stereocenters. The fourth-order valence-corrected chi connectivity index (χ4v) is 3.48. The van der Waals surface area contributed by atoms with Gasteiger partial charge in [-0.1, -0.05) is 29.5 Å². The van der Waals surface area contributed by atoms with Gasteiger partial charge in [-0.15, -0.1) is 0 Å². The number of nitrogens with zero attached hydrogens (tertiary/aromatic N) is 4. The number of hydrogen-bond acceptors (Lipinski definition) is 6. The molecule has 0 saturated heterocycles. The van der Waals surface area contributed by atoms with Gasteiger partial charge in [0, 0.05) is 37.5 Å². The SMILES string of the molecule is CCN(CC)C(=O)c1ccc(-c2nc(N)nc(C)c2C#Cc2ccc(NC)nc2)cc1Cl. The van der Waals surface area contributed by atoms with Crippen molar-refractivity contribution in [3.05, 3.63) is 63.9 Å². The Balaban J connectivity index is 2.04. The van der Waals surface area contributed by atoms with E-state index in [1.165, 1.54) is 0 Å². The number of aromatic nitrogens is 3. The van der Waals surface area contributed by atoms with Crippen molar-refractivity contribution in [2.24, 2.45) is 0 Å². The summed E-state index contributed by atoms with van der Waals surface area (Å²) in [5.74, 6) is 7.04. The average molecular weight is 449 g/mol. The van der Waals surface area contributed by atoms with Crippen molar-refractivity contribution in [2.75, 3.05) is 31.2 Å². The van der Waals surface area contributed by atoms with E-state index < -0.39 is 0 Å². The minimum atomic E-state index is -0.109. The molecule has 2 heterocycles. The number of hydrogen-bond donors (Lipinski definition) is 2. The minimum Gasteiger partial charge on any atom is -0.373 e. The van der Waals surface area contributed by atoms with Crippen molar-refractivity contribution < 1.29 is 4.79 Å². The maximum Gasteiger partial charge on any atom is 0.255 e. The van der Waals surface area contributed by atoms with Crippen LogP contribution in [0.15, 0.2) is 36.5 Å². The Bertz CT molecular complexity index is 1190. The molecule has 0 unspecified atom stereocenters. The van der Waals surface area contributed by atoms with Gasteiger partial charge in [-0.05, 0) is 45.0 Å². The van der Waals surface area contributed by atoms with Crippen LogP contribution >= 0.6 is 11.6 Å². The van der Waals surface area contributed by atoms with E-state index in [1.807, 2.05) is 32.9 Å². The normalized spacial score (nSPS) is 10.3. The summed E-state index contributed by atoms with van der Waals surface area (Å²) in [5, 5.41) is 3.32. The van der Waals surface area contributed by atoms with Crippen LogP contribution in [0.2, 0.25) is 5.02 Å². The predicted octanol–water partition coefficient (Wildman–Crippen LogP) is 4.01. The van der Waals surface area contributed by atoms with Crippen molar-refractivity contribution >= 4 is 29.3 Å². The van der Waals surface area contributed by atoms with Crippen molar-refractivity contribution in [3.63, 3.8) is 0 Å². The van der Waals surface area contributed by atoms with Crippen LogP contribution in [-0.2, 0) is 0 Å². The Kier molecular flexibility index (Phi) is 7.29. The van der Waals surface area contributed by atoms with Crippen LogP contribution in [0.5, 0.6) is 0 Å². The van der Waals surface area contributed by atoms with E-state index in [0.717, 1.165) is 11.4 Å². The fraction of sp³-hybridized carbons (Fsp3) is 0.250. The molecule has 1 aromatic carbocycles. The number of anilines is 2. The van der Waals surface area contributed by atoms with E-state index in [0.29, 0.717) is 46.2 Å². The summed E-state index contributed by atoms with van der Waals surface area (Å²) in [4.78, 5) is 27.4. The number of halogens is 1. The third-order valence-corrected chi connectivity index (χ3v) is 5.29. The number of carbonyl (C=O) groups is 1. The lowest BCUT2D eigenvalue weighted by Crippen LogP contribution is -2.30. The summed E-state index contributed by atoms with van der Waals surface area (Å²) in [6.07, 6.45) is 1.69. The first-order valence-corrected chi connectivity index (χ1v) is 10.6. The molecule has 164 valence electrons. The standard InChI is InChI=1S/C24H25ClN6O/c1-5-31(6-2)23(32)19-11-9-17(13-20(19)25)22-18(15(3)29-24(26)30-22)10-7-16-8-12-21(27-4)28-14-16/h8-9,11-14H,5-6H2,1-4H3,(H,27,28)(H2,26,29,30). The van der Waals surface area contributed by atoms with Gasteiger partial charge < -0.3 is 16.0 Å². The molecule has 3 aromatic rings. The molecule has 0 saturated carbocycles. The zero-order valence-electron chi connectivity index (χ0n) is 18.5. The van der Waals surface area contributed by atoms with E-state index >= 15 is 0 Å². The van der Waals surface area contributed by atoms with Crippen LogP contribution in [0.25, 0.3) is 11.3 Å². The maximum atomic E-state index is 12.7. The van der Waals surface area contributed by atoms with E-state index in [9.17, 15) is 4.79 Å². The number of nitrogens with one attached hydrogen (secondary N) is 1. The highest BCUT2D eigenvalue weighted by Crippen LogP contribution is 2.29. The van der Waals surface area contributed by atoms with Gasteiger partial charge in [0.2, 0.25) is 5.95 Å². The zero-order chi connectivity index (χ0) is 23.3. The number of rotatable bonds is 5. The van der Waals surface area contributed by atoms with Crippen LogP contribution in [0.3, 0.4) is 0 Å². The largest absolute Gasteiger partial charge is 0.373 e. The van der Waals surface area contributed by atoms with Gasteiger partial charge >= 0.3 is 0 Å². The molecule has 8 heteroatoms. The van der Waals surface area contributed by atoms with Crippen LogP contribution < -0.4 is 11.1 Å². The summed E-state index contributed by atoms with van der Waals surface area (Å²) in [7, 11) is 1.81. The third-order valence-electron chi connectivity index (χ3n) is 4.98. The highest BCUT2D eigenvalue weighted by Gasteiger charge is 2.18. The lowest BCUT2D eigenvalue weighted by Gasteiger charge is -2.19. The smallest absolute Gasteiger partial charge is 0.255 e. The Morgan fingerprint density at radius 3 is 2.50 bits per heavy atom. The molecular weight excluding hydrogens is 424 g/mol. The second-order valence-electron chi connectivity index (χ2n) is 7.00. The Hall–Kier alpha value is -3.63. The summed E-state index contributed by atoms with van der Waals surface area (Å²) in [5.41, 5.74) is 9.67. The lowest BCUT2D eigenvalue weighted by molar-refractivity contribution is 0.0773. The number of carbonyl (C=O) groups excluding carboxylic acids is 1. The van der Waals surface area contributed by atoms with Gasteiger partial charge in [-0.3, -0.25) is 4.79 Å². The van der Waals surface area contributed by atoms with Crippen LogP contribution in [0, 0.1) is 18.8 Å². The van der Waals surface area contributed by atoms with Gasteiger partial charge in [0.15, 0.2) is 0 Å². The molecule has 0 bridgehead atoms. The Morgan fingerprint density at radius 1 is 1.16 bits per heavy atom. The van der Waals surface area contributed by atoms with Gasteiger partial charge in [0.1, 0.15) is 5.82 Å². The molecule has 3 rings (SSSR count). The van der Waals surface area contributed by atoms with Crippen molar-refractivity contribution in [1.29, 1.82) is 0 Å². The number of pyridine rings is 1. The second kappa shape index (κ2) is 10.1. The number of nitrogen functional groups attached to an aromatic ring is 1. The van der Waals surface area contributed by atoms with E-state index in [1.54, 1.807) is 36.3 Å². The minimum absolute atomic E-state index is 0.109. The summed E-state index contributed by atoms with van der Waals surface area (Å²) in [6.45, 7) is 6.91. The van der Waals surface area contributed by atoms with Crippen molar-refractivity contribution in [2.45, 2.75) is 20.8 Å². The number of benzene rings is 1. The number of aryl methyl sites for hydroxylation is 1. The average Bonchev–Trinajstić information content (AvgIpc) is 2.79. The maximum absolute atomic E-state index is 12.7. The molecule has 0 aliphatic carbocycles. The first-order chi connectivity index (χ1) is 15.4. The van der Waals surface area contributed by atoms with E-state index in [2.05, 4.69) is 32.1 Å². The summed E-state index contributed by atoms with van der Waals surface area (Å²) < 4.78 is 0. The number of amides is 1. The molecule has 1 amide bonds. The van der Waals surface area contributed by atoms with Gasteiger partial charge in [0.25, 0.3) is 5.91 Å². The highest BCUT2D eigenvalue weighted by atomic mass is 35.5. The van der Waals surface area contributed by atoms with Gasteiger partial charge in [-0.2, -0.15) is 0 Å². The van der Waals surface area contributed by atoms with Crippen LogP contribution in [0.4, 0.5) is 11.8 Å². The molecule has 0 aliphatic rings. The molecular formula is C24H25ClN6O. The number of nitrogens with two attached hydrogens (primary N) is 1. The van der Waals surface area contributed by atoms with Crippen molar-refractivity contribution in [3.8, 4) is 23.1 Å². The van der Waals surface area contributed by atoms with Crippen molar-refractivity contribution in [1.82, 2.24) is 19.9 Å². The van der Waals surface area contributed by atoms with Gasteiger partial charge in [-0.25, -0.2) is 15.0 Å². The molecule has 3 N–H and O–H groups in total. The molecule has 32 heavy (non-hydrogen) atoms. The molecule has 0 fully saturated rings. The Morgan fingerprint density at radius 2 is 1.91 bits per heavy atom. The monoisotopic (exact) mass is 448 g/mol. The molecule has 2 aromatic heterocycles. The zero-order valence-corrected chi connectivity index (χ0v) is 19.3. The molecule has 0 aliphatic heterocycles. The molecule has 0 radical (unpaired) electrons. The van der Waals surface area contributed by atoms with Crippen LogP contribution in [-0.4, -0.2) is 45.9 Å². The quantitative estimate of drug-likeness (QED) is 0.572. The first-order valence-electron chi connectivity index (χ1n) is 10.3. The summed E-state index contributed by atoms with van der Waals surface area (Å²) >= 11 is 6.49. The highest BCUT2D eigenvalue weighted by molar-refractivity contribution is 6.34. The van der Waals surface area contributed by atoms with Gasteiger partial charge in [0.05, 0.1) is 27.5 Å². The van der Waals surface area contributed by atoms with E-state index in [-0.39, 0.29) is 11.9 Å². The topological polar surface area (TPSA) is 97.0 Å². The Labute approximate surface area is 193 Å². The first kappa shape index (κ1) is 23.0.